The number of piperidine rings is 2. The normalized spacial score (nSPS) is 24.3. The maximum Gasteiger partial charge on any atom is 0.257 e. The molecule has 2 fully saturated rings. The van der Waals surface area contributed by atoms with E-state index < -0.39 is 17.6 Å². The smallest absolute Gasteiger partial charge is 0.257 e. The minimum atomic E-state index is -2.64. The second-order valence-electron chi connectivity index (χ2n) is 11.6. The van der Waals surface area contributed by atoms with E-state index in [9.17, 15) is 17.6 Å². The molecule has 38 heavy (non-hydrogen) atoms. The number of aromatic nitrogens is 1. The van der Waals surface area contributed by atoms with Crippen molar-refractivity contribution in [3.63, 3.8) is 0 Å². The number of H-pyrrole nitrogens is 1. The van der Waals surface area contributed by atoms with Crippen molar-refractivity contribution in [3.8, 4) is 0 Å². The van der Waals surface area contributed by atoms with Crippen molar-refractivity contribution in [2.24, 2.45) is 5.41 Å². The molecule has 3 aliphatic heterocycles. The third kappa shape index (κ3) is 6.18. The third-order valence-electron chi connectivity index (χ3n) is 8.30. The molecule has 206 valence electrons. The first-order valence-electron chi connectivity index (χ1n) is 13.7. The number of nitrogens with one attached hydrogen (secondary N) is 2. The Balaban J connectivity index is 0.000000155. The summed E-state index contributed by atoms with van der Waals surface area (Å²) in [6.07, 6.45) is 5.56. The van der Waals surface area contributed by atoms with Crippen LogP contribution in [0.2, 0.25) is 0 Å². The Hall–Kier alpha value is -2.58. The minimum absolute atomic E-state index is 0.150. The Morgan fingerprint density at radius 3 is 2.50 bits per heavy atom. The molecule has 3 aliphatic rings. The van der Waals surface area contributed by atoms with E-state index in [1.807, 2.05) is 30.0 Å². The van der Waals surface area contributed by atoms with Gasteiger partial charge in [-0.3, -0.25) is 4.90 Å². The molecule has 2 saturated heterocycles. The van der Waals surface area contributed by atoms with Gasteiger partial charge in [0.25, 0.3) is 5.92 Å². The number of halogens is 4. The number of rotatable bonds is 3. The van der Waals surface area contributed by atoms with Crippen LogP contribution in [0.25, 0.3) is 10.9 Å². The lowest BCUT2D eigenvalue weighted by Crippen LogP contribution is -2.51. The van der Waals surface area contributed by atoms with E-state index in [0.717, 1.165) is 63.2 Å². The molecule has 4 nitrogen and oxygen atoms in total. The maximum atomic E-state index is 13.3. The lowest BCUT2D eigenvalue weighted by molar-refractivity contribution is -0.0293. The highest BCUT2D eigenvalue weighted by Crippen LogP contribution is 2.38. The Bertz CT molecular complexity index is 1220. The van der Waals surface area contributed by atoms with Crippen LogP contribution in [-0.2, 0) is 13.0 Å². The second kappa shape index (κ2) is 10.9. The quantitative estimate of drug-likeness (QED) is 0.379. The van der Waals surface area contributed by atoms with E-state index in [1.54, 1.807) is 0 Å². The summed E-state index contributed by atoms with van der Waals surface area (Å²) in [5.74, 6) is -3.62. The highest BCUT2D eigenvalue weighted by atomic mass is 19.3. The summed E-state index contributed by atoms with van der Waals surface area (Å²) < 4.78 is 53.1. The van der Waals surface area contributed by atoms with E-state index in [0.29, 0.717) is 17.6 Å². The fourth-order valence-corrected chi connectivity index (χ4v) is 6.50. The highest BCUT2D eigenvalue weighted by molar-refractivity contribution is 5.84. The van der Waals surface area contributed by atoms with Gasteiger partial charge in [0.15, 0.2) is 0 Å². The zero-order valence-corrected chi connectivity index (χ0v) is 22.3. The number of benzene rings is 2. The molecule has 4 heterocycles. The van der Waals surface area contributed by atoms with Crippen molar-refractivity contribution in [2.75, 3.05) is 37.6 Å². The average molecular weight is 531 g/mol. The first-order chi connectivity index (χ1) is 18.1. The number of alkyl halides is 2. The number of anilines is 1. The molecule has 8 heteroatoms. The molecule has 1 aromatic heterocycles. The van der Waals surface area contributed by atoms with Gasteiger partial charge in [0.1, 0.15) is 11.6 Å². The van der Waals surface area contributed by atoms with Gasteiger partial charge in [0.2, 0.25) is 0 Å². The molecule has 3 aromatic rings. The molecule has 2 N–H and O–H groups in total. The van der Waals surface area contributed by atoms with E-state index in [1.165, 1.54) is 42.3 Å². The van der Waals surface area contributed by atoms with Crippen molar-refractivity contribution < 1.29 is 17.6 Å². The van der Waals surface area contributed by atoms with Crippen molar-refractivity contribution in [3.05, 3.63) is 65.4 Å². The summed E-state index contributed by atoms with van der Waals surface area (Å²) in [7, 11) is 0. The predicted molar refractivity (Wildman–Crippen MR) is 145 cm³/mol. The number of hydrogen-bond donors (Lipinski definition) is 2. The van der Waals surface area contributed by atoms with Gasteiger partial charge in [-0.15, -0.1) is 0 Å². The van der Waals surface area contributed by atoms with Gasteiger partial charge in [-0.2, -0.15) is 0 Å². The van der Waals surface area contributed by atoms with Crippen molar-refractivity contribution >= 4 is 16.6 Å². The van der Waals surface area contributed by atoms with E-state index >= 15 is 0 Å². The lowest BCUT2D eigenvalue weighted by atomic mass is 9.74. The summed E-state index contributed by atoms with van der Waals surface area (Å²) in [4.78, 5) is 7.37. The number of fused-ring (bicyclic) bond motifs is 3. The SMILES string of the molecule is CC1Cc2c([nH]c3ccccc23)CN1CC(C)(F)F.Fc1cc(F)cc(N2CCCC3(CCCNC3)C2)c1. The van der Waals surface area contributed by atoms with Gasteiger partial charge < -0.3 is 15.2 Å². The minimum Gasteiger partial charge on any atom is -0.371 e. The summed E-state index contributed by atoms with van der Waals surface area (Å²) in [6, 6.07) is 12.1. The number of nitrogens with zero attached hydrogens (tertiary/aromatic N) is 2. The largest absolute Gasteiger partial charge is 0.371 e. The molecular formula is C30H38F4N4. The fourth-order valence-electron chi connectivity index (χ4n) is 6.50. The average Bonchev–Trinajstić information content (AvgIpc) is 3.21. The van der Waals surface area contributed by atoms with E-state index in [-0.39, 0.29) is 12.6 Å². The highest BCUT2D eigenvalue weighted by Gasteiger charge is 2.37. The van der Waals surface area contributed by atoms with Crippen LogP contribution in [0.15, 0.2) is 42.5 Å². The lowest BCUT2D eigenvalue weighted by Gasteiger charge is -2.46. The zero-order chi connectivity index (χ0) is 26.9. The monoisotopic (exact) mass is 530 g/mol. The molecule has 6 rings (SSSR count). The Morgan fingerprint density at radius 1 is 1.05 bits per heavy atom. The van der Waals surface area contributed by atoms with Crippen LogP contribution in [0.5, 0.6) is 0 Å². The standard InChI is InChI=1S/C15H18F2N2.C15H20F2N2/c1-10-7-12-11-5-3-4-6-13(11)18-14(12)8-19(10)9-15(2,16)17;16-12-7-13(17)9-14(8-12)19-6-2-4-15(11-19)3-1-5-18-10-15/h3-6,10,18H,7-9H2,1-2H3;7-9,18H,1-6,10-11H2. The van der Waals surface area contributed by atoms with Crippen LogP contribution in [0.1, 0.15) is 50.8 Å². The Labute approximate surface area is 222 Å². The molecule has 0 aliphatic carbocycles. The van der Waals surface area contributed by atoms with Gasteiger partial charge in [-0.05, 0) is 69.3 Å². The van der Waals surface area contributed by atoms with Crippen LogP contribution in [0.3, 0.4) is 0 Å². The summed E-state index contributed by atoms with van der Waals surface area (Å²) in [5.41, 5.74) is 4.45. The topological polar surface area (TPSA) is 34.3 Å². The molecule has 1 spiro atoms. The molecule has 0 amide bonds. The Morgan fingerprint density at radius 2 is 1.79 bits per heavy atom. The van der Waals surface area contributed by atoms with Crippen LogP contribution in [0.4, 0.5) is 23.2 Å². The first-order valence-corrected chi connectivity index (χ1v) is 13.7. The molecule has 0 radical (unpaired) electrons. The van der Waals surface area contributed by atoms with Crippen molar-refractivity contribution in [1.82, 2.24) is 15.2 Å². The summed E-state index contributed by atoms with van der Waals surface area (Å²) in [5, 5.41) is 4.69. The van der Waals surface area contributed by atoms with Crippen molar-refractivity contribution in [2.45, 2.75) is 64.5 Å². The number of para-hydroxylation sites is 1. The van der Waals surface area contributed by atoms with E-state index in [4.69, 9.17) is 0 Å². The fraction of sp³-hybridized carbons (Fsp3) is 0.533. The summed E-state index contributed by atoms with van der Waals surface area (Å²) >= 11 is 0. The van der Waals surface area contributed by atoms with Crippen molar-refractivity contribution in [1.29, 1.82) is 0 Å². The molecular weight excluding hydrogens is 492 g/mol. The molecule has 2 unspecified atom stereocenters. The summed E-state index contributed by atoms with van der Waals surface area (Å²) in [6.45, 7) is 7.33. The number of hydrogen-bond acceptors (Lipinski definition) is 3. The number of aromatic amines is 1. The van der Waals surface area contributed by atoms with Gasteiger partial charge in [-0.1, -0.05) is 18.2 Å². The molecule has 2 atom stereocenters. The van der Waals surface area contributed by atoms with Gasteiger partial charge in [0.05, 0.1) is 6.54 Å². The molecule has 0 saturated carbocycles. The first kappa shape index (κ1) is 27.0. The predicted octanol–water partition coefficient (Wildman–Crippen LogP) is 6.50. The van der Waals surface area contributed by atoms with E-state index in [2.05, 4.69) is 21.3 Å². The van der Waals surface area contributed by atoms with Gasteiger partial charge in [-0.25, -0.2) is 17.6 Å². The second-order valence-corrected chi connectivity index (χ2v) is 11.6. The third-order valence-corrected chi connectivity index (χ3v) is 8.30. The maximum absolute atomic E-state index is 13.3. The molecule has 2 aromatic carbocycles. The van der Waals surface area contributed by atoms with Gasteiger partial charge in [0, 0.05) is 72.9 Å². The van der Waals surface area contributed by atoms with Crippen LogP contribution in [0, 0.1) is 17.0 Å². The van der Waals surface area contributed by atoms with Crippen LogP contribution in [-0.4, -0.2) is 54.6 Å². The Kier molecular flexibility index (Phi) is 7.74. The van der Waals surface area contributed by atoms with Gasteiger partial charge >= 0.3 is 0 Å². The van der Waals surface area contributed by atoms with Crippen LogP contribution < -0.4 is 10.2 Å². The zero-order valence-electron chi connectivity index (χ0n) is 22.3. The van der Waals surface area contributed by atoms with Crippen LogP contribution >= 0.6 is 0 Å². The molecule has 0 bridgehead atoms.